The molecule has 4 aromatic rings. The van der Waals surface area contributed by atoms with Gasteiger partial charge in [-0.3, -0.25) is 9.36 Å². The fourth-order valence-corrected chi connectivity index (χ4v) is 3.13. The summed E-state index contributed by atoms with van der Waals surface area (Å²) < 4.78 is 13.5. The maximum Gasteiger partial charge on any atom is 0.345 e. The Balaban J connectivity index is 1.73. The summed E-state index contributed by atoms with van der Waals surface area (Å²) in [6.45, 7) is 2.02. The molecule has 11 heteroatoms. The first-order valence-corrected chi connectivity index (χ1v) is 9.94. The van der Waals surface area contributed by atoms with Crippen molar-refractivity contribution in [1.29, 1.82) is 0 Å². The molecule has 0 spiro atoms. The summed E-state index contributed by atoms with van der Waals surface area (Å²) in [5.74, 6) is -0.275. The highest BCUT2D eigenvalue weighted by atomic mass is 35.5. The van der Waals surface area contributed by atoms with Gasteiger partial charge < -0.3 is 9.47 Å². The van der Waals surface area contributed by atoms with Crippen LogP contribution >= 0.6 is 11.6 Å². The van der Waals surface area contributed by atoms with Crippen LogP contribution in [0.25, 0.3) is 11.4 Å². The smallest absolute Gasteiger partial charge is 0.345 e. The number of hydrogen-bond donors (Lipinski definition) is 0. The fourth-order valence-electron chi connectivity index (χ4n) is 2.94. The lowest BCUT2D eigenvalue weighted by Crippen LogP contribution is -2.26. The first kappa shape index (κ1) is 21.2. The van der Waals surface area contributed by atoms with E-state index in [1.54, 1.807) is 31.2 Å². The van der Waals surface area contributed by atoms with E-state index in [2.05, 4.69) is 20.5 Å². The highest BCUT2D eigenvalue weighted by molar-refractivity contribution is 6.31. The van der Waals surface area contributed by atoms with Crippen molar-refractivity contribution in [3.05, 3.63) is 87.8 Å². The molecule has 0 aliphatic rings. The maximum absolute atomic E-state index is 12.8. The molecule has 0 aliphatic heterocycles. The third kappa shape index (κ3) is 4.35. The summed E-state index contributed by atoms with van der Waals surface area (Å²) in [6.07, 6.45) is 3.89. The van der Waals surface area contributed by atoms with E-state index in [9.17, 15) is 9.59 Å². The van der Waals surface area contributed by atoms with Gasteiger partial charge in [-0.25, -0.2) is 9.78 Å². The monoisotopic (exact) mass is 452 g/mol. The first-order chi connectivity index (χ1) is 15.6. The lowest BCUT2D eigenvalue weighted by atomic mass is 10.2. The van der Waals surface area contributed by atoms with Crippen LogP contribution < -0.4 is 10.3 Å². The molecule has 10 nitrogen and oxygen atoms in total. The maximum atomic E-state index is 12.8. The highest BCUT2D eigenvalue weighted by Gasteiger charge is 2.17. The minimum Gasteiger partial charge on any atom is -0.487 e. The van der Waals surface area contributed by atoms with Gasteiger partial charge in [0, 0.05) is 16.8 Å². The second kappa shape index (κ2) is 9.40. The number of rotatable bonds is 7. The van der Waals surface area contributed by atoms with E-state index < -0.39 is 11.5 Å². The van der Waals surface area contributed by atoms with Crippen molar-refractivity contribution in [1.82, 2.24) is 29.8 Å². The Morgan fingerprint density at radius 1 is 1.16 bits per heavy atom. The van der Waals surface area contributed by atoms with Gasteiger partial charge in [0.25, 0.3) is 5.56 Å². The largest absolute Gasteiger partial charge is 0.487 e. The van der Waals surface area contributed by atoms with Crippen molar-refractivity contribution in [3.63, 3.8) is 0 Å². The number of halogens is 1. The molecule has 0 radical (unpaired) electrons. The number of nitrogens with zero attached hydrogens (tertiary/aromatic N) is 6. The Labute approximate surface area is 187 Å². The van der Waals surface area contributed by atoms with Crippen LogP contribution in [0.1, 0.15) is 22.8 Å². The molecular formula is C21H17ClN6O4. The molecule has 2 aromatic carbocycles. The minimum atomic E-state index is -0.736. The molecule has 0 atom stereocenters. The summed E-state index contributed by atoms with van der Waals surface area (Å²) in [6, 6.07) is 12.3. The average Bonchev–Trinajstić information content (AvgIpc) is 3.34. The molecule has 2 aromatic heterocycles. The van der Waals surface area contributed by atoms with Crippen LogP contribution in [0.3, 0.4) is 0 Å². The molecule has 0 bridgehead atoms. The zero-order chi connectivity index (χ0) is 22.5. The molecule has 0 aliphatic carbocycles. The number of benzene rings is 2. The van der Waals surface area contributed by atoms with Gasteiger partial charge in [0.2, 0.25) is 0 Å². The number of hydrogen-bond acceptors (Lipinski definition) is 8. The molecular weight excluding hydrogens is 436 g/mol. The molecule has 4 rings (SSSR count). The van der Waals surface area contributed by atoms with Crippen molar-refractivity contribution < 1.29 is 14.3 Å². The molecule has 0 saturated heterocycles. The van der Waals surface area contributed by atoms with Gasteiger partial charge in [-0.05, 0) is 41.6 Å². The Morgan fingerprint density at radius 3 is 2.75 bits per heavy atom. The van der Waals surface area contributed by atoms with Gasteiger partial charge in [-0.1, -0.05) is 29.8 Å². The molecule has 0 N–H and O–H groups in total. The zero-order valence-corrected chi connectivity index (χ0v) is 17.6. The van der Waals surface area contributed by atoms with Crippen LogP contribution in [-0.2, 0) is 11.3 Å². The van der Waals surface area contributed by atoms with Gasteiger partial charge >= 0.3 is 5.97 Å². The van der Waals surface area contributed by atoms with E-state index in [1.807, 2.05) is 18.2 Å². The summed E-state index contributed by atoms with van der Waals surface area (Å²) >= 11 is 6.21. The first-order valence-electron chi connectivity index (χ1n) is 9.56. The number of aromatic nitrogens is 6. The number of tetrazole rings is 1. The van der Waals surface area contributed by atoms with Gasteiger partial charge in [0.1, 0.15) is 36.3 Å². The van der Waals surface area contributed by atoms with E-state index in [-0.39, 0.29) is 18.8 Å². The van der Waals surface area contributed by atoms with Crippen LogP contribution in [0.2, 0.25) is 5.02 Å². The Hall–Kier alpha value is -4.05. The molecule has 162 valence electrons. The van der Waals surface area contributed by atoms with E-state index in [1.165, 1.54) is 28.1 Å². The molecule has 0 unspecified atom stereocenters. The van der Waals surface area contributed by atoms with Gasteiger partial charge in [0.05, 0.1) is 12.3 Å². The Kier molecular flexibility index (Phi) is 6.22. The molecule has 2 heterocycles. The van der Waals surface area contributed by atoms with E-state index in [0.717, 1.165) is 5.56 Å². The summed E-state index contributed by atoms with van der Waals surface area (Å²) in [4.78, 5) is 28.9. The SMILES string of the molecule is CCOC(=O)c1cncn(-c2ccc(OCc3ccccc3Cl)c(-n3cnnn3)c2)c1=O. The second-order valence-corrected chi connectivity index (χ2v) is 6.90. The lowest BCUT2D eigenvalue weighted by Gasteiger charge is -2.14. The second-order valence-electron chi connectivity index (χ2n) is 6.49. The number of carbonyl (C=O) groups excluding carboxylic acids is 1. The standard InChI is InChI=1S/C21H17ClN6O4/c1-2-31-21(30)16-10-23-12-27(20(16)29)15-7-8-19(18(9-15)28-13-24-25-26-28)32-11-14-5-3-4-6-17(14)22/h3-10,12-13H,2,11H2,1H3. The number of ether oxygens (including phenoxy) is 2. The highest BCUT2D eigenvalue weighted by Crippen LogP contribution is 2.27. The predicted molar refractivity (Wildman–Crippen MR) is 114 cm³/mol. The van der Waals surface area contributed by atoms with Crippen LogP contribution in [0.5, 0.6) is 5.75 Å². The summed E-state index contributed by atoms with van der Waals surface area (Å²) in [5, 5.41) is 11.8. The third-order valence-electron chi connectivity index (χ3n) is 4.49. The van der Waals surface area contributed by atoms with Crippen molar-refractivity contribution >= 4 is 17.6 Å². The third-order valence-corrected chi connectivity index (χ3v) is 4.86. The number of carbonyl (C=O) groups is 1. The lowest BCUT2D eigenvalue weighted by molar-refractivity contribution is 0.0523. The average molecular weight is 453 g/mol. The Bertz CT molecular complexity index is 1310. The van der Waals surface area contributed by atoms with Crippen LogP contribution in [-0.4, -0.2) is 42.3 Å². The summed E-state index contributed by atoms with van der Waals surface area (Å²) in [7, 11) is 0. The van der Waals surface area contributed by atoms with Crippen LogP contribution in [0.4, 0.5) is 0 Å². The van der Waals surface area contributed by atoms with Crippen molar-refractivity contribution in [2.24, 2.45) is 0 Å². The van der Waals surface area contributed by atoms with E-state index >= 15 is 0 Å². The van der Waals surface area contributed by atoms with Crippen LogP contribution in [0.15, 0.2) is 66.1 Å². The van der Waals surface area contributed by atoms with Crippen molar-refractivity contribution in [2.75, 3.05) is 6.61 Å². The van der Waals surface area contributed by atoms with Crippen molar-refractivity contribution in [2.45, 2.75) is 13.5 Å². The summed E-state index contributed by atoms with van der Waals surface area (Å²) in [5.41, 5.74) is 0.990. The molecule has 0 fully saturated rings. The van der Waals surface area contributed by atoms with Crippen molar-refractivity contribution in [3.8, 4) is 17.1 Å². The van der Waals surface area contributed by atoms with Gasteiger partial charge in [0.15, 0.2) is 0 Å². The fraction of sp³-hybridized carbons (Fsp3) is 0.143. The minimum absolute atomic E-state index is 0.147. The normalized spacial score (nSPS) is 10.7. The molecule has 0 saturated carbocycles. The number of esters is 1. The Morgan fingerprint density at radius 2 is 2.00 bits per heavy atom. The molecule has 0 amide bonds. The van der Waals surface area contributed by atoms with Gasteiger partial charge in [-0.2, -0.15) is 4.68 Å². The van der Waals surface area contributed by atoms with E-state index in [4.69, 9.17) is 21.1 Å². The molecule has 32 heavy (non-hydrogen) atoms. The van der Waals surface area contributed by atoms with E-state index in [0.29, 0.717) is 22.1 Å². The predicted octanol–water partition coefficient (Wildman–Crippen LogP) is 2.62. The topological polar surface area (TPSA) is 114 Å². The zero-order valence-electron chi connectivity index (χ0n) is 16.9. The van der Waals surface area contributed by atoms with Crippen LogP contribution in [0, 0.1) is 0 Å². The quantitative estimate of drug-likeness (QED) is 0.393. The van der Waals surface area contributed by atoms with Gasteiger partial charge in [-0.15, -0.1) is 5.10 Å².